The smallest absolute Gasteiger partial charge is 0.146 e. The highest BCUT2D eigenvalue weighted by Gasteiger charge is 2.05. The molecule has 114 valence electrons. The Labute approximate surface area is 127 Å². The van der Waals surface area contributed by atoms with E-state index in [1.54, 1.807) is 6.26 Å². The quantitative estimate of drug-likeness (QED) is 0.828. The van der Waals surface area contributed by atoms with Crippen molar-refractivity contribution in [3.63, 3.8) is 0 Å². The number of ether oxygens (including phenoxy) is 1. The number of furan rings is 1. The summed E-state index contributed by atoms with van der Waals surface area (Å²) in [6.45, 7) is 10.9. The van der Waals surface area contributed by atoms with Gasteiger partial charge in [-0.2, -0.15) is 0 Å². The second kappa shape index (κ2) is 7.32. The SMILES string of the molecule is Cc1ccc(OCc2cc(CNCC(C)C)co2)c(C)c1. The van der Waals surface area contributed by atoms with Crippen LogP contribution in [0, 0.1) is 19.8 Å². The number of hydrogen-bond acceptors (Lipinski definition) is 3. The van der Waals surface area contributed by atoms with Crippen molar-refractivity contribution in [1.82, 2.24) is 5.32 Å². The van der Waals surface area contributed by atoms with Gasteiger partial charge in [0.05, 0.1) is 6.26 Å². The Morgan fingerprint density at radius 2 is 2.00 bits per heavy atom. The molecule has 0 spiro atoms. The molecule has 2 rings (SSSR count). The number of aryl methyl sites for hydroxylation is 2. The first kappa shape index (κ1) is 15.6. The summed E-state index contributed by atoms with van der Waals surface area (Å²) < 4.78 is 11.4. The lowest BCUT2D eigenvalue weighted by Crippen LogP contribution is -2.18. The molecule has 0 radical (unpaired) electrons. The first-order valence-electron chi connectivity index (χ1n) is 7.51. The van der Waals surface area contributed by atoms with E-state index in [-0.39, 0.29) is 0 Å². The lowest BCUT2D eigenvalue weighted by atomic mass is 10.1. The summed E-state index contributed by atoms with van der Waals surface area (Å²) in [5.41, 5.74) is 3.56. The molecule has 0 unspecified atom stereocenters. The molecule has 0 amide bonds. The van der Waals surface area contributed by atoms with E-state index < -0.39 is 0 Å². The van der Waals surface area contributed by atoms with Gasteiger partial charge in [-0.1, -0.05) is 31.5 Å². The maximum atomic E-state index is 5.82. The van der Waals surface area contributed by atoms with Crippen LogP contribution in [0.2, 0.25) is 0 Å². The fourth-order valence-corrected chi connectivity index (χ4v) is 2.21. The normalized spacial score (nSPS) is 11.1. The van der Waals surface area contributed by atoms with E-state index in [1.165, 1.54) is 5.56 Å². The molecule has 1 aromatic heterocycles. The zero-order valence-corrected chi connectivity index (χ0v) is 13.4. The maximum absolute atomic E-state index is 5.82. The fraction of sp³-hybridized carbons (Fsp3) is 0.444. The molecule has 1 N–H and O–H groups in total. The lowest BCUT2D eigenvalue weighted by Gasteiger charge is -2.08. The van der Waals surface area contributed by atoms with Gasteiger partial charge in [0.1, 0.15) is 18.1 Å². The number of benzene rings is 1. The van der Waals surface area contributed by atoms with Gasteiger partial charge in [-0.05, 0) is 44.0 Å². The zero-order chi connectivity index (χ0) is 15.2. The fourth-order valence-electron chi connectivity index (χ4n) is 2.21. The van der Waals surface area contributed by atoms with Crippen LogP contribution in [-0.4, -0.2) is 6.54 Å². The Kier molecular flexibility index (Phi) is 5.45. The van der Waals surface area contributed by atoms with E-state index in [4.69, 9.17) is 9.15 Å². The predicted octanol–water partition coefficient (Wildman–Crippen LogP) is 4.22. The van der Waals surface area contributed by atoms with E-state index in [0.29, 0.717) is 12.5 Å². The molecule has 0 fully saturated rings. The van der Waals surface area contributed by atoms with Gasteiger partial charge < -0.3 is 14.5 Å². The lowest BCUT2D eigenvalue weighted by molar-refractivity contribution is 0.268. The minimum absolute atomic E-state index is 0.466. The minimum atomic E-state index is 0.466. The van der Waals surface area contributed by atoms with E-state index in [2.05, 4.69) is 51.2 Å². The summed E-state index contributed by atoms with van der Waals surface area (Å²) in [7, 11) is 0. The van der Waals surface area contributed by atoms with Crippen molar-refractivity contribution < 1.29 is 9.15 Å². The van der Waals surface area contributed by atoms with E-state index in [1.807, 2.05) is 6.07 Å². The molecule has 0 bridgehead atoms. The first-order chi connectivity index (χ1) is 10.0. The van der Waals surface area contributed by atoms with Gasteiger partial charge in [0.2, 0.25) is 0 Å². The Bertz CT molecular complexity index is 572. The van der Waals surface area contributed by atoms with E-state index in [0.717, 1.165) is 35.7 Å². The van der Waals surface area contributed by atoms with Crippen LogP contribution < -0.4 is 10.1 Å². The average molecular weight is 287 g/mol. The van der Waals surface area contributed by atoms with Crippen molar-refractivity contribution in [3.8, 4) is 5.75 Å². The number of nitrogens with one attached hydrogen (secondary N) is 1. The second-order valence-electron chi connectivity index (χ2n) is 6.00. The molecule has 0 aliphatic carbocycles. The molecule has 2 aromatic rings. The maximum Gasteiger partial charge on any atom is 0.146 e. The largest absolute Gasteiger partial charge is 0.485 e. The topological polar surface area (TPSA) is 34.4 Å². The Balaban J connectivity index is 1.85. The van der Waals surface area contributed by atoms with Crippen LogP contribution in [0.5, 0.6) is 5.75 Å². The summed E-state index contributed by atoms with van der Waals surface area (Å²) >= 11 is 0. The summed E-state index contributed by atoms with van der Waals surface area (Å²) in [6.07, 6.45) is 1.80. The Morgan fingerprint density at radius 1 is 1.19 bits per heavy atom. The molecule has 1 aromatic carbocycles. The Morgan fingerprint density at radius 3 is 2.71 bits per heavy atom. The van der Waals surface area contributed by atoms with E-state index in [9.17, 15) is 0 Å². The highest BCUT2D eigenvalue weighted by Crippen LogP contribution is 2.20. The van der Waals surface area contributed by atoms with Gasteiger partial charge in [0.25, 0.3) is 0 Å². The van der Waals surface area contributed by atoms with Crippen LogP contribution in [0.3, 0.4) is 0 Å². The Hall–Kier alpha value is -1.74. The summed E-state index contributed by atoms with van der Waals surface area (Å²) in [4.78, 5) is 0. The van der Waals surface area contributed by atoms with Gasteiger partial charge in [-0.15, -0.1) is 0 Å². The van der Waals surface area contributed by atoms with Crippen LogP contribution in [0.4, 0.5) is 0 Å². The third-order valence-corrected chi connectivity index (χ3v) is 3.29. The molecule has 1 heterocycles. The van der Waals surface area contributed by atoms with E-state index >= 15 is 0 Å². The number of hydrogen-bond donors (Lipinski definition) is 1. The average Bonchev–Trinajstić information content (AvgIpc) is 2.85. The first-order valence-corrected chi connectivity index (χ1v) is 7.51. The third kappa shape index (κ3) is 4.94. The molecule has 0 atom stereocenters. The van der Waals surface area contributed by atoms with Gasteiger partial charge in [-0.3, -0.25) is 0 Å². The van der Waals surface area contributed by atoms with Gasteiger partial charge >= 0.3 is 0 Å². The molecule has 0 saturated carbocycles. The van der Waals surface area contributed by atoms with Crippen LogP contribution in [0.15, 0.2) is 34.9 Å². The van der Waals surface area contributed by atoms with Crippen molar-refractivity contribution in [2.45, 2.75) is 40.8 Å². The van der Waals surface area contributed by atoms with Crippen molar-refractivity contribution >= 4 is 0 Å². The van der Waals surface area contributed by atoms with Gasteiger partial charge in [-0.25, -0.2) is 0 Å². The van der Waals surface area contributed by atoms with Crippen molar-refractivity contribution in [2.75, 3.05) is 6.54 Å². The predicted molar refractivity (Wildman–Crippen MR) is 85.5 cm³/mol. The summed E-state index contributed by atoms with van der Waals surface area (Å²) in [5.74, 6) is 2.43. The molecule has 21 heavy (non-hydrogen) atoms. The van der Waals surface area contributed by atoms with Crippen molar-refractivity contribution in [2.24, 2.45) is 5.92 Å². The summed E-state index contributed by atoms with van der Waals surface area (Å²) in [6, 6.07) is 8.25. The second-order valence-corrected chi connectivity index (χ2v) is 6.00. The van der Waals surface area contributed by atoms with Gasteiger partial charge in [0, 0.05) is 12.1 Å². The monoisotopic (exact) mass is 287 g/mol. The summed E-state index contributed by atoms with van der Waals surface area (Å²) in [5, 5.41) is 3.40. The number of rotatable bonds is 7. The molecular formula is C18H25NO2. The van der Waals surface area contributed by atoms with Crippen LogP contribution in [-0.2, 0) is 13.2 Å². The standard InChI is InChI=1S/C18H25NO2/c1-13(2)9-19-10-16-8-17(20-11-16)12-21-18-6-5-14(3)7-15(18)4/h5-8,11,13,19H,9-10,12H2,1-4H3. The van der Waals surface area contributed by atoms with Crippen molar-refractivity contribution in [3.05, 3.63) is 53.0 Å². The zero-order valence-electron chi connectivity index (χ0n) is 13.4. The molecule has 0 aliphatic rings. The van der Waals surface area contributed by atoms with Crippen LogP contribution in [0.1, 0.15) is 36.3 Å². The highest BCUT2D eigenvalue weighted by molar-refractivity contribution is 5.35. The minimum Gasteiger partial charge on any atom is -0.485 e. The molecule has 0 aliphatic heterocycles. The molecule has 3 nitrogen and oxygen atoms in total. The van der Waals surface area contributed by atoms with Crippen molar-refractivity contribution in [1.29, 1.82) is 0 Å². The van der Waals surface area contributed by atoms with Crippen LogP contribution in [0.25, 0.3) is 0 Å². The molecule has 3 heteroatoms. The van der Waals surface area contributed by atoms with Crippen LogP contribution >= 0.6 is 0 Å². The van der Waals surface area contributed by atoms with Gasteiger partial charge in [0.15, 0.2) is 0 Å². The third-order valence-electron chi connectivity index (χ3n) is 3.29. The molecular weight excluding hydrogens is 262 g/mol. The molecule has 0 saturated heterocycles. The highest BCUT2D eigenvalue weighted by atomic mass is 16.5.